The van der Waals surface area contributed by atoms with Crippen molar-refractivity contribution in [2.45, 2.75) is 6.61 Å². The summed E-state index contributed by atoms with van der Waals surface area (Å²) in [5, 5.41) is 0. The second kappa shape index (κ2) is 5.35. The van der Waals surface area contributed by atoms with Crippen LogP contribution in [0, 0.1) is 11.6 Å². The van der Waals surface area contributed by atoms with Gasteiger partial charge in [0.1, 0.15) is 18.2 Å². The molecule has 0 heterocycles. The van der Waals surface area contributed by atoms with Gasteiger partial charge in [0, 0.05) is 6.07 Å². The Morgan fingerprint density at radius 1 is 1.11 bits per heavy atom. The number of rotatable bonds is 3. The Kier molecular flexibility index (Phi) is 3.81. The van der Waals surface area contributed by atoms with Crippen molar-refractivity contribution in [1.82, 2.24) is 0 Å². The van der Waals surface area contributed by atoms with Gasteiger partial charge in [-0.25, -0.2) is 8.78 Å². The predicted octanol–water partition coefficient (Wildman–Crippen LogP) is 3.89. The van der Waals surface area contributed by atoms with Crippen molar-refractivity contribution in [1.29, 1.82) is 0 Å². The van der Waals surface area contributed by atoms with E-state index in [-0.39, 0.29) is 18.1 Å². The first-order valence-corrected chi connectivity index (χ1v) is 5.97. The summed E-state index contributed by atoms with van der Waals surface area (Å²) in [7, 11) is 0. The van der Waals surface area contributed by atoms with Crippen LogP contribution in [0.4, 0.5) is 14.5 Å². The van der Waals surface area contributed by atoms with Crippen LogP contribution in [0.15, 0.2) is 40.9 Å². The minimum absolute atomic E-state index is 0.159. The Morgan fingerprint density at radius 2 is 1.89 bits per heavy atom. The van der Waals surface area contributed by atoms with Gasteiger partial charge in [-0.2, -0.15) is 0 Å². The second-order valence-corrected chi connectivity index (χ2v) is 4.58. The lowest BCUT2D eigenvalue weighted by molar-refractivity contribution is 0.305. The number of halogens is 3. The maximum atomic E-state index is 13.0. The number of anilines is 1. The van der Waals surface area contributed by atoms with E-state index < -0.39 is 5.82 Å². The van der Waals surface area contributed by atoms with Gasteiger partial charge in [-0.3, -0.25) is 0 Å². The van der Waals surface area contributed by atoms with Crippen LogP contribution in [-0.2, 0) is 6.61 Å². The van der Waals surface area contributed by atoms with Gasteiger partial charge in [0.25, 0.3) is 0 Å². The second-order valence-electron chi connectivity index (χ2n) is 3.72. The van der Waals surface area contributed by atoms with E-state index in [0.717, 1.165) is 0 Å². The van der Waals surface area contributed by atoms with E-state index in [1.165, 1.54) is 24.3 Å². The van der Waals surface area contributed by atoms with Crippen molar-refractivity contribution in [3.63, 3.8) is 0 Å². The number of hydrogen-bond acceptors (Lipinski definition) is 2. The lowest BCUT2D eigenvalue weighted by Crippen LogP contribution is -2.00. The van der Waals surface area contributed by atoms with Crippen molar-refractivity contribution < 1.29 is 13.5 Å². The third kappa shape index (κ3) is 2.98. The Bertz CT molecular complexity index is 552. The summed E-state index contributed by atoms with van der Waals surface area (Å²) >= 11 is 3.17. The summed E-state index contributed by atoms with van der Waals surface area (Å²) in [5.74, 6) is -0.430. The third-order valence-electron chi connectivity index (χ3n) is 2.31. The molecule has 0 aliphatic carbocycles. The van der Waals surface area contributed by atoms with Gasteiger partial charge in [-0.1, -0.05) is 12.1 Å². The van der Waals surface area contributed by atoms with Gasteiger partial charge in [0.2, 0.25) is 0 Å². The molecule has 0 aromatic heterocycles. The summed E-state index contributed by atoms with van der Waals surface area (Å²) < 4.78 is 31.9. The molecule has 0 fully saturated rings. The number of nitrogens with two attached hydrogens (primary N) is 1. The molecule has 0 saturated heterocycles. The van der Waals surface area contributed by atoms with Crippen LogP contribution in [0.2, 0.25) is 0 Å². The maximum absolute atomic E-state index is 13.0. The van der Waals surface area contributed by atoms with Gasteiger partial charge in [-0.05, 0) is 39.7 Å². The minimum Gasteiger partial charge on any atom is -0.486 e. The predicted molar refractivity (Wildman–Crippen MR) is 69.2 cm³/mol. The van der Waals surface area contributed by atoms with Gasteiger partial charge in [0.15, 0.2) is 5.75 Å². The van der Waals surface area contributed by atoms with Gasteiger partial charge in [0.05, 0.1) is 10.2 Å². The zero-order valence-electron chi connectivity index (χ0n) is 9.29. The lowest BCUT2D eigenvalue weighted by atomic mass is 10.2. The van der Waals surface area contributed by atoms with Crippen LogP contribution in [0.3, 0.4) is 0 Å². The van der Waals surface area contributed by atoms with Crippen LogP contribution in [0.25, 0.3) is 0 Å². The van der Waals surface area contributed by atoms with Crippen LogP contribution >= 0.6 is 15.9 Å². The fourth-order valence-electron chi connectivity index (χ4n) is 1.51. The first kappa shape index (κ1) is 12.8. The van der Waals surface area contributed by atoms with Gasteiger partial charge < -0.3 is 10.5 Å². The SMILES string of the molecule is Nc1cc(F)cc(Br)c1OCc1cccc(F)c1. The highest BCUT2D eigenvalue weighted by Gasteiger charge is 2.09. The zero-order chi connectivity index (χ0) is 13.1. The first-order valence-electron chi connectivity index (χ1n) is 5.18. The molecule has 0 aliphatic heterocycles. The Morgan fingerprint density at radius 3 is 2.56 bits per heavy atom. The van der Waals surface area contributed by atoms with Crippen LogP contribution in [0.1, 0.15) is 5.56 Å². The van der Waals surface area contributed by atoms with Gasteiger partial charge >= 0.3 is 0 Å². The zero-order valence-corrected chi connectivity index (χ0v) is 10.9. The highest BCUT2D eigenvalue weighted by molar-refractivity contribution is 9.10. The van der Waals surface area contributed by atoms with Crippen molar-refractivity contribution in [3.05, 3.63) is 58.1 Å². The molecule has 2 N–H and O–H groups in total. The van der Waals surface area contributed by atoms with E-state index >= 15 is 0 Å². The molecule has 18 heavy (non-hydrogen) atoms. The molecular formula is C13H10BrF2NO. The van der Waals surface area contributed by atoms with E-state index in [2.05, 4.69) is 15.9 Å². The molecule has 5 heteroatoms. The highest BCUT2D eigenvalue weighted by atomic mass is 79.9. The van der Waals surface area contributed by atoms with Crippen molar-refractivity contribution in [2.75, 3.05) is 5.73 Å². The average Bonchev–Trinajstić information content (AvgIpc) is 2.27. The highest BCUT2D eigenvalue weighted by Crippen LogP contribution is 2.32. The molecule has 0 amide bonds. The molecule has 0 bridgehead atoms. The van der Waals surface area contributed by atoms with E-state index in [0.29, 0.717) is 15.8 Å². The molecule has 2 rings (SSSR count). The van der Waals surface area contributed by atoms with Crippen LogP contribution in [-0.4, -0.2) is 0 Å². The van der Waals surface area contributed by atoms with Crippen molar-refractivity contribution in [2.24, 2.45) is 0 Å². The van der Waals surface area contributed by atoms with E-state index in [9.17, 15) is 8.78 Å². The van der Waals surface area contributed by atoms with E-state index in [1.54, 1.807) is 12.1 Å². The Balaban J connectivity index is 2.16. The number of ether oxygens (including phenoxy) is 1. The lowest BCUT2D eigenvalue weighted by Gasteiger charge is -2.11. The molecule has 2 nitrogen and oxygen atoms in total. The monoisotopic (exact) mass is 313 g/mol. The largest absolute Gasteiger partial charge is 0.486 e. The molecule has 0 atom stereocenters. The summed E-state index contributed by atoms with van der Waals surface area (Å²) in [5.41, 5.74) is 6.51. The fraction of sp³-hybridized carbons (Fsp3) is 0.0769. The Hall–Kier alpha value is -1.62. The van der Waals surface area contributed by atoms with Crippen LogP contribution in [0.5, 0.6) is 5.75 Å². The quantitative estimate of drug-likeness (QED) is 0.873. The normalized spacial score (nSPS) is 10.4. The van der Waals surface area contributed by atoms with Crippen molar-refractivity contribution >= 4 is 21.6 Å². The molecule has 0 unspecified atom stereocenters. The van der Waals surface area contributed by atoms with E-state index in [4.69, 9.17) is 10.5 Å². The van der Waals surface area contributed by atoms with E-state index in [1.807, 2.05) is 0 Å². The van der Waals surface area contributed by atoms with Crippen LogP contribution < -0.4 is 10.5 Å². The Labute approximate surface area is 112 Å². The molecule has 0 saturated carbocycles. The molecule has 94 valence electrons. The fourth-order valence-corrected chi connectivity index (χ4v) is 2.08. The maximum Gasteiger partial charge on any atom is 0.157 e. The molecular weight excluding hydrogens is 304 g/mol. The minimum atomic E-state index is -0.447. The average molecular weight is 314 g/mol. The standard InChI is InChI=1S/C13H10BrF2NO/c14-11-5-10(16)6-12(17)13(11)18-7-8-2-1-3-9(15)4-8/h1-6H,7,17H2. The number of hydrogen-bond donors (Lipinski definition) is 1. The summed E-state index contributed by atoms with van der Waals surface area (Å²) in [4.78, 5) is 0. The summed E-state index contributed by atoms with van der Waals surface area (Å²) in [6.07, 6.45) is 0. The molecule has 0 aliphatic rings. The summed E-state index contributed by atoms with van der Waals surface area (Å²) in [6, 6.07) is 8.48. The number of benzene rings is 2. The number of nitrogen functional groups attached to an aromatic ring is 1. The third-order valence-corrected chi connectivity index (χ3v) is 2.90. The smallest absolute Gasteiger partial charge is 0.157 e. The van der Waals surface area contributed by atoms with Gasteiger partial charge in [-0.15, -0.1) is 0 Å². The molecule has 2 aromatic rings. The first-order chi connectivity index (χ1) is 8.56. The molecule has 0 radical (unpaired) electrons. The van der Waals surface area contributed by atoms with Crippen molar-refractivity contribution in [3.8, 4) is 5.75 Å². The molecule has 0 spiro atoms. The topological polar surface area (TPSA) is 35.2 Å². The summed E-state index contributed by atoms with van der Waals surface area (Å²) in [6.45, 7) is 0.159. The molecule has 2 aromatic carbocycles.